The summed E-state index contributed by atoms with van der Waals surface area (Å²) >= 11 is 1.46. The van der Waals surface area contributed by atoms with E-state index in [1.807, 2.05) is 0 Å². The van der Waals surface area contributed by atoms with Crippen molar-refractivity contribution in [3.8, 4) is 11.1 Å². The van der Waals surface area contributed by atoms with Crippen molar-refractivity contribution in [3.63, 3.8) is 0 Å². The number of benzene rings is 4. The molecule has 276 valence electrons. The topological polar surface area (TPSA) is 0 Å². The molecule has 0 heterocycles. The van der Waals surface area contributed by atoms with Crippen LogP contribution < -0.4 is 0 Å². The van der Waals surface area contributed by atoms with E-state index in [0.717, 1.165) is 12.8 Å². The van der Waals surface area contributed by atoms with Crippen molar-refractivity contribution in [2.24, 2.45) is 11.3 Å². The van der Waals surface area contributed by atoms with E-state index < -0.39 is 0 Å². The molecule has 0 bridgehead atoms. The molecular formula is C53H60Zr. The Balaban J connectivity index is 0.000000149. The molecule has 4 aromatic rings. The molecule has 0 nitrogen and oxygen atoms in total. The summed E-state index contributed by atoms with van der Waals surface area (Å²) < 4.78 is 1.42. The minimum atomic E-state index is 0.0340. The SMILES string of the molecule is CC1=[C-]C(C)(C)c2cc3c(cc21)-c1cc2c(cc1C3)C(C)(C)C=C2C.CCC1=[C-]C(CC)C=C1C(C)(C)C.Cc1ccc([C](=[Zr+2])c2ccc(C)cc2)cc1. The average molecular weight is 788 g/mol. The van der Waals surface area contributed by atoms with Gasteiger partial charge in [-0.25, -0.2) is 11.1 Å². The fraction of sp³-hybridized carbons (Fsp3) is 0.377. The minimum absolute atomic E-state index is 0.0340. The van der Waals surface area contributed by atoms with Crippen molar-refractivity contribution in [2.45, 2.75) is 120 Å². The summed E-state index contributed by atoms with van der Waals surface area (Å²) in [4.78, 5) is 0. The van der Waals surface area contributed by atoms with E-state index in [9.17, 15) is 0 Å². The molecule has 0 spiro atoms. The van der Waals surface area contributed by atoms with Gasteiger partial charge in [-0.1, -0.05) is 117 Å². The summed E-state index contributed by atoms with van der Waals surface area (Å²) in [6, 6.07) is 27.3. The van der Waals surface area contributed by atoms with Crippen molar-refractivity contribution < 1.29 is 24.2 Å². The number of hydrogen-bond donors (Lipinski definition) is 0. The molecule has 0 saturated carbocycles. The van der Waals surface area contributed by atoms with Crippen LogP contribution in [-0.2, 0) is 41.5 Å². The number of rotatable bonds is 4. The van der Waals surface area contributed by atoms with E-state index in [0.29, 0.717) is 11.3 Å². The van der Waals surface area contributed by atoms with Gasteiger partial charge in [-0.3, -0.25) is 12.2 Å². The molecule has 54 heavy (non-hydrogen) atoms. The van der Waals surface area contributed by atoms with Crippen molar-refractivity contribution >= 4 is 14.4 Å². The molecule has 4 aromatic carbocycles. The molecule has 4 aliphatic carbocycles. The van der Waals surface area contributed by atoms with Gasteiger partial charge in [0.1, 0.15) is 0 Å². The Labute approximate surface area is 342 Å². The summed E-state index contributed by atoms with van der Waals surface area (Å²) in [5.74, 6) is 0.573. The standard InChI is InChI=1S/C25H25.C15H14.C13H21.Zr/c1-14-12-24(3,4)22-8-16-7-17-9-23-19(15(2)13-25(23,5)6)11-21(17)20(16)10-18(14)22;1-12-3-7-14(8-4-12)11-15-9-5-13(2)6-10-15;1-6-10-8-11(7-2)12(9-10)13(3,4)5;/h8-12H,7H2,1-6H3;3-10H,1-2H3;9-10H,6-7H2,1-5H3;/q-1;;-1;+2. The van der Waals surface area contributed by atoms with E-state index in [2.05, 4.69) is 187 Å². The van der Waals surface area contributed by atoms with Gasteiger partial charge >= 0.3 is 112 Å². The third-order valence-corrected chi connectivity index (χ3v) is 13.2. The molecule has 1 unspecified atom stereocenters. The van der Waals surface area contributed by atoms with Crippen LogP contribution in [0.2, 0.25) is 0 Å². The first-order valence-corrected chi connectivity index (χ1v) is 21.3. The Morgan fingerprint density at radius 3 is 1.72 bits per heavy atom. The maximum atomic E-state index is 3.65. The fourth-order valence-electron chi connectivity index (χ4n) is 8.74. The molecular weight excluding hydrogens is 728 g/mol. The molecule has 0 amide bonds. The van der Waals surface area contributed by atoms with Gasteiger partial charge in [0.05, 0.1) is 0 Å². The first-order chi connectivity index (χ1) is 25.3. The molecule has 0 saturated heterocycles. The van der Waals surface area contributed by atoms with Crippen LogP contribution in [0.15, 0.2) is 96.1 Å². The number of allylic oxidation sites excluding steroid dienone is 8. The van der Waals surface area contributed by atoms with Crippen LogP contribution in [0.1, 0.15) is 145 Å². The molecule has 8 rings (SSSR count). The second-order valence-corrected chi connectivity index (χ2v) is 19.4. The van der Waals surface area contributed by atoms with Crippen LogP contribution in [0.4, 0.5) is 0 Å². The van der Waals surface area contributed by atoms with Gasteiger partial charge in [-0.15, -0.1) is 11.6 Å². The van der Waals surface area contributed by atoms with Crippen molar-refractivity contribution in [2.75, 3.05) is 0 Å². The molecule has 0 aliphatic heterocycles. The summed E-state index contributed by atoms with van der Waals surface area (Å²) in [5, 5.41) is 0. The Hall–Kier alpha value is -3.41. The zero-order chi connectivity index (χ0) is 39.3. The average Bonchev–Trinajstić information content (AvgIpc) is 3.83. The Morgan fingerprint density at radius 2 is 1.24 bits per heavy atom. The van der Waals surface area contributed by atoms with Crippen LogP contribution in [0.25, 0.3) is 22.3 Å². The van der Waals surface area contributed by atoms with Gasteiger partial charge in [0.2, 0.25) is 0 Å². The molecule has 1 atom stereocenters. The molecule has 0 aromatic heterocycles. The molecule has 4 aliphatic rings. The van der Waals surface area contributed by atoms with E-state index in [4.69, 9.17) is 0 Å². The van der Waals surface area contributed by atoms with Gasteiger partial charge in [-0.2, -0.15) is 17.2 Å². The summed E-state index contributed by atoms with van der Waals surface area (Å²) in [5.41, 5.74) is 23.1. The second kappa shape index (κ2) is 15.3. The quantitative estimate of drug-likeness (QED) is 0.159. The molecule has 0 fully saturated rings. The van der Waals surface area contributed by atoms with Crippen molar-refractivity contribution in [1.82, 2.24) is 0 Å². The first-order valence-electron chi connectivity index (χ1n) is 20.1. The Kier molecular flexibility index (Phi) is 11.4. The van der Waals surface area contributed by atoms with Crippen molar-refractivity contribution in [3.05, 3.63) is 164 Å². The van der Waals surface area contributed by atoms with Crippen LogP contribution in [0.3, 0.4) is 0 Å². The predicted molar refractivity (Wildman–Crippen MR) is 231 cm³/mol. The summed E-state index contributed by atoms with van der Waals surface area (Å²) in [6.45, 7) is 29.2. The molecule has 0 N–H and O–H groups in total. The normalized spacial score (nSPS) is 18.1. The number of hydrogen-bond acceptors (Lipinski definition) is 0. The van der Waals surface area contributed by atoms with Crippen molar-refractivity contribution in [1.29, 1.82) is 0 Å². The zero-order valence-corrected chi connectivity index (χ0v) is 37.7. The van der Waals surface area contributed by atoms with Crippen LogP contribution in [0, 0.1) is 37.3 Å². The predicted octanol–water partition coefficient (Wildman–Crippen LogP) is 14.0. The molecule has 1 heteroatoms. The van der Waals surface area contributed by atoms with Gasteiger partial charge in [0.15, 0.2) is 0 Å². The summed E-state index contributed by atoms with van der Waals surface area (Å²) in [7, 11) is 0. The van der Waals surface area contributed by atoms with Crippen LogP contribution in [-0.4, -0.2) is 3.21 Å². The van der Waals surface area contributed by atoms with E-state index in [1.165, 1.54) is 123 Å². The van der Waals surface area contributed by atoms with Gasteiger partial charge < -0.3 is 0 Å². The first kappa shape index (κ1) is 40.3. The fourth-order valence-corrected chi connectivity index (χ4v) is 9.56. The second-order valence-electron chi connectivity index (χ2n) is 18.1. The van der Waals surface area contributed by atoms with Gasteiger partial charge in [0.25, 0.3) is 0 Å². The molecule has 0 radical (unpaired) electrons. The van der Waals surface area contributed by atoms with Crippen LogP contribution in [0.5, 0.6) is 0 Å². The number of fused-ring (bicyclic) bond motifs is 5. The Morgan fingerprint density at radius 1 is 0.722 bits per heavy atom. The van der Waals surface area contributed by atoms with Crippen LogP contribution >= 0.6 is 0 Å². The number of aryl methyl sites for hydroxylation is 2. The third kappa shape index (κ3) is 8.10. The van der Waals surface area contributed by atoms with E-state index >= 15 is 0 Å². The van der Waals surface area contributed by atoms with E-state index in [-0.39, 0.29) is 10.8 Å². The third-order valence-electron chi connectivity index (χ3n) is 11.8. The maximum absolute atomic E-state index is 3.65. The van der Waals surface area contributed by atoms with Gasteiger partial charge in [-0.05, 0) is 58.4 Å². The van der Waals surface area contributed by atoms with Gasteiger partial charge in [0, 0.05) is 5.41 Å². The monoisotopic (exact) mass is 786 g/mol. The summed E-state index contributed by atoms with van der Waals surface area (Å²) in [6.07, 6.45) is 15.4. The Bertz CT molecular complexity index is 2090. The van der Waals surface area contributed by atoms with E-state index in [1.54, 1.807) is 0 Å². The zero-order valence-electron chi connectivity index (χ0n) is 35.3.